The molecule has 0 unspecified atom stereocenters. The van der Waals surface area contributed by atoms with Crippen LogP contribution >= 0.6 is 0 Å². The molecule has 0 aliphatic carbocycles. The molecule has 1 aliphatic rings. The van der Waals surface area contributed by atoms with Crippen molar-refractivity contribution in [1.29, 1.82) is 0 Å². The highest BCUT2D eigenvalue weighted by molar-refractivity contribution is 5.33. The predicted molar refractivity (Wildman–Crippen MR) is 79.4 cm³/mol. The Morgan fingerprint density at radius 2 is 2.11 bits per heavy atom. The average Bonchev–Trinajstić information content (AvgIpc) is 2.43. The summed E-state index contributed by atoms with van der Waals surface area (Å²) in [5.74, 6) is 1.82. The highest BCUT2D eigenvalue weighted by Crippen LogP contribution is 2.24. The molecule has 4 nitrogen and oxygen atoms in total. The molecular formula is C15H26N4. The zero-order chi connectivity index (χ0) is 13.7. The minimum absolute atomic E-state index is 0.838. The average molecular weight is 262 g/mol. The maximum atomic E-state index is 4.66. The van der Waals surface area contributed by atoms with Gasteiger partial charge in [0.2, 0.25) is 5.95 Å². The first-order chi connectivity index (χ1) is 9.24. The lowest BCUT2D eigenvalue weighted by Crippen LogP contribution is -2.35. The molecule has 1 saturated heterocycles. The van der Waals surface area contributed by atoms with Gasteiger partial charge in [0.05, 0.1) is 0 Å². The number of aromatic nitrogens is 2. The fraction of sp³-hybridized carbons (Fsp3) is 0.733. The highest BCUT2D eigenvalue weighted by atomic mass is 15.3. The number of aryl methyl sites for hydroxylation is 1. The SMILES string of the molecule is CCCC1CCN(c2ncc(CNC)c(C)n2)CC1. The summed E-state index contributed by atoms with van der Waals surface area (Å²) in [6, 6.07) is 0. The Bertz CT molecular complexity index is 397. The Morgan fingerprint density at radius 3 is 2.68 bits per heavy atom. The summed E-state index contributed by atoms with van der Waals surface area (Å²) in [6.07, 6.45) is 7.21. The van der Waals surface area contributed by atoms with Gasteiger partial charge >= 0.3 is 0 Å². The van der Waals surface area contributed by atoms with E-state index in [4.69, 9.17) is 0 Å². The molecular weight excluding hydrogens is 236 g/mol. The van der Waals surface area contributed by atoms with E-state index in [1.807, 2.05) is 13.2 Å². The van der Waals surface area contributed by atoms with Gasteiger partial charge in [-0.3, -0.25) is 0 Å². The summed E-state index contributed by atoms with van der Waals surface area (Å²) in [7, 11) is 1.95. The highest BCUT2D eigenvalue weighted by Gasteiger charge is 2.20. The molecule has 0 atom stereocenters. The van der Waals surface area contributed by atoms with Gasteiger partial charge in [0.25, 0.3) is 0 Å². The first kappa shape index (κ1) is 14.3. The van der Waals surface area contributed by atoms with Crippen molar-refractivity contribution in [3.05, 3.63) is 17.5 Å². The van der Waals surface area contributed by atoms with Gasteiger partial charge in [-0.1, -0.05) is 19.8 Å². The van der Waals surface area contributed by atoms with E-state index in [2.05, 4.69) is 34.0 Å². The number of nitrogens with one attached hydrogen (secondary N) is 1. The molecule has 0 bridgehead atoms. The second-order valence-electron chi connectivity index (χ2n) is 5.53. The van der Waals surface area contributed by atoms with Crippen molar-refractivity contribution in [3.8, 4) is 0 Å². The van der Waals surface area contributed by atoms with Crippen molar-refractivity contribution < 1.29 is 0 Å². The van der Waals surface area contributed by atoms with Crippen LogP contribution in [-0.2, 0) is 6.54 Å². The Morgan fingerprint density at radius 1 is 1.37 bits per heavy atom. The molecule has 0 saturated carbocycles. The van der Waals surface area contributed by atoms with Crippen molar-refractivity contribution in [2.24, 2.45) is 5.92 Å². The number of hydrogen-bond donors (Lipinski definition) is 1. The van der Waals surface area contributed by atoms with E-state index >= 15 is 0 Å². The van der Waals surface area contributed by atoms with Crippen molar-refractivity contribution in [1.82, 2.24) is 15.3 Å². The van der Waals surface area contributed by atoms with Crippen LogP contribution < -0.4 is 10.2 Å². The first-order valence-corrected chi connectivity index (χ1v) is 7.46. The summed E-state index contributed by atoms with van der Waals surface area (Å²) in [4.78, 5) is 11.5. The Labute approximate surface area is 116 Å². The molecule has 1 aromatic heterocycles. The lowest BCUT2D eigenvalue weighted by molar-refractivity contribution is 0.376. The lowest BCUT2D eigenvalue weighted by Gasteiger charge is -2.32. The molecule has 2 rings (SSSR count). The summed E-state index contributed by atoms with van der Waals surface area (Å²) < 4.78 is 0. The number of anilines is 1. The van der Waals surface area contributed by atoms with Gasteiger partial charge in [0.1, 0.15) is 0 Å². The molecule has 4 heteroatoms. The van der Waals surface area contributed by atoms with Gasteiger partial charge in [-0.05, 0) is 32.7 Å². The van der Waals surface area contributed by atoms with Gasteiger partial charge < -0.3 is 10.2 Å². The quantitative estimate of drug-likeness (QED) is 0.885. The summed E-state index contributed by atoms with van der Waals surface area (Å²) in [5.41, 5.74) is 2.28. The molecule has 0 spiro atoms. The van der Waals surface area contributed by atoms with Crippen LogP contribution in [0.3, 0.4) is 0 Å². The second kappa shape index (κ2) is 6.85. The summed E-state index contributed by atoms with van der Waals surface area (Å²) in [5, 5.41) is 3.15. The van der Waals surface area contributed by atoms with Crippen molar-refractivity contribution in [2.45, 2.75) is 46.1 Å². The van der Waals surface area contributed by atoms with E-state index in [9.17, 15) is 0 Å². The van der Waals surface area contributed by atoms with E-state index < -0.39 is 0 Å². The minimum Gasteiger partial charge on any atom is -0.341 e. The lowest BCUT2D eigenvalue weighted by atomic mass is 9.93. The molecule has 0 amide bonds. The third-order valence-corrected chi connectivity index (χ3v) is 4.03. The fourth-order valence-corrected chi connectivity index (χ4v) is 2.83. The van der Waals surface area contributed by atoms with Gasteiger partial charge in [-0.15, -0.1) is 0 Å². The maximum Gasteiger partial charge on any atom is 0.225 e. The molecule has 1 aliphatic heterocycles. The van der Waals surface area contributed by atoms with E-state index in [1.54, 1.807) is 0 Å². The zero-order valence-electron chi connectivity index (χ0n) is 12.4. The standard InChI is InChI=1S/C15H26N4/c1-4-5-13-6-8-19(9-7-13)15-17-11-14(10-16-3)12(2)18-15/h11,13,16H,4-10H2,1-3H3. The van der Waals surface area contributed by atoms with E-state index in [0.29, 0.717) is 0 Å². The fourth-order valence-electron chi connectivity index (χ4n) is 2.83. The molecule has 0 aromatic carbocycles. The van der Waals surface area contributed by atoms with Gasteiger partial charge in [-0.25, -0.2) is 9.97 Å². The van der Waals surface area contributed by atoms with E-state index in [0.717, 1.165) is 37.2 Å². The van der Waals surface area contributed by atoms with Crippen LogP contribution in [0.2, 0.25) is 0 Å². The molecule has 2 heterocycles. The molecule has 1 N–H and O–H groups in total. The van der Waals surface area contributed by atoms with Gasteiger partial charge in [0.15, 0.2) is 0 Å². The number of rotatable bonds is 5. The maximum absolute atomic E-state index is 4.66. The second-order valence-corrected chi connectivity index (χ2v) is 5.53. The van der Waals surface area contributed by atoms with Crippen molar-refractivity contribution in [2.75, 3.05) is 25.0 Å². The number of hydrogen-bond acceptors (Lipinski definition) is 4. The van der Waals surface area contributed by atoms with Crippen LogP contribution in [0.15, 0.2) is 6.20 Å². The molecule has 1 fully saturated rings. The van der Waals surface area contributed by atoms with E-state index in [-0.39, 0.29) is 0 Å². The Hall–Kier alpha value is -1.16. The molecule has 106 valence electrons. The minimum atomic E-state index is 0.838. The van der Waals surface area contributed by atoms with Gasteiger partial charge in [0, 0.05) is 37.1 Å². The Balaban J connectivity index is 1.97. The van der Waals surface area contributed by atoms with Crippen LogP contribution in [0.25, 0.3) is 0 Å². The van der Waals surface area contributed by atoms with E-state index in [1.165, 1.54) is 31.2 Å². The topological polar surface area (TPSA) is 41.1 Å². The molecule has 0 radical (unpaired) electrons. The van der Waals surface area contributed by atoms with Crippen LogP contribution in [0, 0.1) is 12.8 Å². The van der Waals surface area contributed by atoms with Crippen molar-refractivity contribution in [3.63, 3.8) is 0 Å². The van der Waals surface area contributed by atoms with Crippen LogP contribution in [-0.4, -0.2) is 30.1 Å². The smallest absolute Gasteiger partial charge is 0.225 e. The van der Waals surface area contributed by atoms with Gasteiger partial charge in [-0.2, -0.15) is 0 Å². The van der Waals surface area contributed by atoms with Crippen LogP contribution in [0.4, 0.5) is 5.95 Å². The third kappa shape index (κ3) is 3.66. The first-order valence-electron chi connectivity index (χ1n) is 7.46. The predicted octanol–water partition coefficient (Wildman–Crippen LogP) is 2.52. The largest absolute Gasteiger partial charge is 0.341 e. The van der Waals surface area contributed by atoms with Crippen molar-refractivity contribution >= 4 is 5.95 Å². The van der Waals surface area contributed by atoms with Crippen LogP contribution in [0.1, 0.15) is 43.9 Å². The number of nitrogens with zero attached hydrogens (tertiary/aromatic N) is 3. The van der Waals surface area contributed by atoms with Crippen LogP contribution in [0.5, 0.6) is 0 Å². The monoisotopic (exact) mass is 262 g/mol. The Kier molecular flexibility index (Phi) is 5.14. The molecule has 19 heavy (non-hydrogen) atoms. The normalized spacial score (nSPS) is 16.9. The zero-order valence-corrected chi connectivity index (χ0v) is 12.4. The number of piperidine rings is 1. The molecule has 1 aromatic rings. The summed E-state index contributed by atoms with van der Waals surface area (Å²) in [6.45, 7) is 7.40. The third-order valence-electron chi connectivity index (χ3n) is 4.03. The summed E-state index contributed by atoms with van der Waals surface area (Å²) >= 11 is 0.